The van der Waals surface area contributed by atoms with Crippen molar-refractivity contribution in [2.24, 2.45) is 5.92 Å². The monoisotopic (exact) mass is 424 g/mol. The number of rotatable bonds is 10. The van der Waals surface area contributed by atoms with Gasteiger partial charge in [0.1, 0.15) is 5.82 Å². The van der Waals surface area contributed by atoms with E-state index in [1.165, 1.54) is 12.1 Å². The first kappa shape index (κ1) is 22.5. The molecule has 0 saturated heterocycles. The van der Waals surface area contributed by atoms with E-state index in [-0.39, 0.29) is 23.7 Å². The number of hydrogen-bond donors (Lipinski definition) is 1. The van der Waals surface area contributed by atoms with Gasteiger partial charge in [-0.3, -0.25) is 4.79 Å². The molecule has 7 heteroatoms. The summed E-state index contributed by atoms with van der Waals surface area (Å²) in [5.74, 6) is 0.189. The zero-order valence-corrected chi connectivity index (χ0v) is 18.3. The van der Waals surface area contributed by atoms with E-state index in [2.05, 4.69) is 22.3 Å². The minimum absolute atomic E-state index is 0.0169. The standard InChI is InChI=1S/C24H29FN4O2/c1-4-7-9-17(5-2)23(30)26-20-12-14-21(15-13-20)29-22(27-24(28-29)31-6-3)18-10-8-11-19(25)16-18/h8,10-17H,4-7,9H2,1-3H3,(H,26,30)/t17-/m0/s1. The summed E-state index contributed by atoms with van der Waals surface area (Å²) in [6.45, 7) is 6.44. The van der Waals surface area contributed by atoms with Crippen LogP contribution in [-0.4, -0.2) is 27.3 Å². The molecule has 0 saturated carbocycles. The highest BCUT2D eigenvalue weighted by atomic mass is 19.1. The summed E-state index contributed by atoms with van der Waals surface area (Å²) in [7, 11) is 0. The quantitative estimate of drug-likeness (QED) is 0.458. The number of hydrogen-bond acceptors (Lipinski definition) is 4. The summed E-state index contributed by atoms with van der Waals surface area (Å²) in [5, 5.41) is 7.42. The van der Waals surface area contributed by atoms with E-state index in [0.717, 1.165) is 37.1 Å². The normalized spacial score (nSPS) is 11.9. The van der Waals surface area contributed by atoms with E-state index < -0.39 is 0 Å². The molecule has 0 fully saturated rings. The second-order valence-corrected chi connectivity index (χ2v) is 7.36. The van der Waals surface area contributed by atoms with Crippen LogP contribution in [-0.2, 0) is 4.79 Å². The van der Waals surface area contributed by atoms with Crippen molar-refractivity contribution < 1.29 is 13.9 Å². The Balaban J connectivity index is 1.84. The molecule has 164 valence electrons. The van der Waals surface area contributed by atoms with Crippen LogP contribution in [0.5, 0.6) is 6.01 Å². The maximum Gasteiger partial charge on any atom is 0.336 e. The third-order valence-corrected chi connectivity index (χ3v) is 5.09. The van der Waals surface area contributed by atoms with Crippen molar-refractivity contribution in [2.45, 2.75) is 46.5 Å². The Morgan fingerprint density at radius 2 is 1.94 bits per heavy atom. The van der Waals surface area contributed by atoms with E-state index in [1.807, 2.05) is 38.1 Å². The molecule has 3 aromatic rings. The summed E-state index contributed by atoms with van der Waals surface area (Å²) in [4.78, 5) is 17.0. The lowest BCUT2D eigenvalue weighted by Crippen LogP contribution is -2.22. The van der Waals surface area contributed by atoms with Gasteiger partial charge in [-0.25, -0.2) is 9.07 Å². The van der Waals surface area contributed by atoms with E-state index in [9.17, 15) is 9.18 Å². The van der Waals surface area contributed by atoms with Crippen LogP contribution in [0.3, 0.4) is 0 Å². The van der Waals surface area contributed by atoms with Crippen LogP contribution >= 0.6 is 0 Å². The van der Waals surface area contributed by atoms with Gasteiger partial charge in [0.15, 0.2) is 5.82 Å². The molecule has 1 atom stereocenters. The average molecular weight is 425 g/mol. The van der Waals surface area contributed by atoms with Gasteiger partial charge in [0.05, 0.1) is 12.3 Å². The Morgan fingerprint density at radius 3 is 2.58 bits per heavy atom. The number of carbonyl (C=O) groups excluding carboxylic acids is 1. The average Bonchev–Trinajstić information content (AvgIpc) is 3.19. The van der Waals surface area contributed by atoms with Crippen molar-refractivity contribution in [1.29, 1.82) is 0 Å². The number of unbranched alkanes of at least 4 members (excludes halogenated alkanes) is 1. The van der Waals surface area contributed by atoms with Crippen LogP contribution in [0, 0.1) is 11.7 Å². The fourth-order valence-corrected chi connectivity index (χ4v) is 3.38. The minimum Gasteiger partial charge on any atom is -0.463 e. The molecule has 0 aliphatic heterocycles. The van der Waals surface area contributed by atoms with E-state index in [4.69, 9.17) is 4.74 Å². The zero-order valence-electron chi connectivity index (χ0n) is 18.3. The minimum atomic E-state index is -0.350. The topological polar surface area (TPSA) is 69.0 Å². The molecule has 0 aliphatic carbocycles. The molecular formula is C24H29FN4O2. The molecule has 3 rings (SSSR count). The van der Waals surface area contributed by atoms with Crippen LogP contribution in [0.4, 0.5) is 10.1 Å². The Morgan fingerprint density at radius 1 is 1.16 bits per heavy atom. The molecule has 0 aliphatic rings. The highest BCUT2D eigenvalue weighted by molar-refractivity contribution is 5.92. The highest BCUT2D eigenvalue weighted by Gasteiger charge is 2.17. The van der Waals surface area contributed by atoms with Gasteiger partial charge < -0.3 is 10.1 Å². The van der Waals surface area contributed by atoms with Crippen LogP contribution < -0.4 is 10.1 Å². The molecular weight excluding hydrogens is 395 g/mol. The molecule has 0 bridgehead atoms. The van der Waals surface area contributed by atoms with E-state index >= 15 is 0 Å². The molecule has 2 aromatic carbocycles. The van der Waals surface area contributed by atoms with Gasteiger partial charge in [-0.15, -0.1) is 5.10 Å². The van der Waals surface area contributed by atoms with Crippen molar-refractivity contribution in [1.82, 2.24) is 14.8 Å². The lowest BCUT2D eigenvalue weighted by atomic mass is 9.98. The first-order chi connectivity index (χ1) is 15.0. The fourth-order valence-electron chi connectivity index (χ4n) is 3.38. The zero-order chi connectivity index (χ0) is 22.2. The lowest BCUT2D eigenvalue weighted by Gasteiger charge is -2.15. The van der Waals surface area contributed by atoms with Gasteiger partial charge in [0.2, 0.25) is 5.91 Å². The predicted octanol–water partition coefficient (Wildman–Crippen LogP) is 5.63. The van der Waals surface area contributed by atoms with Gasteiger partial charge in [0.25, 0.3) is 0 Å². The Hall–Kier alpha value is -3.22. The summed E-state index contributed by atoms with van der Waals surface area (Å²) < 4.78 is 20.8. The van der Waals surface area contributed by atoms with Gasteiger partial charge in [-0.2, -0.15) is 4.98 Å². The second kappa shape index (κ2) is 10.7. The molecule has 1 N–H and O–H groups in total. The number of aromatic nitrogens is 3. The first-order valence-corrected chi connectivity index (χ1v) is 10.8. The third kappa shape index (κ3) is 5.69. The molecule has 1 heterocycles. The van der Waals surface area contributed by atoms with Gasteiger partial charge >= 0.3 is 6.01 Å². The second-order valence-electron chi connectivity index (χ2n) is 7.36. The number of carbonyl (C=O) groups is 1. The summed E-state index contributed by atoms with van der Waals surface area (Å²) >= 11 is 0. The molecule has 0 spiro atoms. The molecule has 1 amide bonds. The fraction of sp³-hybridized carbons (Fsp3) is 0.375. The summed E-state index contributed by atoms with van der Waals surface area (Å²) in [6.07, 6.45) is 3.84. The van der Waals surface area contributed by atoms with E-state index in [0.29, 0.717) is 18.0 Å². The number of anilines is 1. The Bertz CT molecular complexity index is 1000. The lowest BCUT2D eigenvalue weighted by molar-refractivity contribution is -0.120. The smallest absolute Gasteiger partial charge is 0.336 e. The molecule has 1 aromatic heterocycles. The highest BCUT2D eigenvalue weighted by Crippen LogP contribution is 2.25. The van der Waals surface area contributed by atoms with E-state index in [1.54, 1.807) is 16.8 Å². The van der Waals surface area contributed by atoms with Crippen molar-refractivity contribution in [3.05, 3.63) is 54.3 Å². The van der Waals surface area contributed by atoms with Crippen molar-refractivity contribution in [3.8, 4) is 23.1 Å². The SMILES string of the molecule is CCCC[C@H](CC)C(=O)Nc1ccc(-n2nc(OCC)nc2-c2cccc(F)c2)cc1. The van der Waals surface area contributed by atoms with Crippen LogP contribution in [0.1, 0.15) is 46.5 Å². The van der Waals surface area contributed by atoms with Crippen LogP contribution in [0.15, 0.2) is 48.5 Å². The number of benzene rings is 2. The van der Waals surface area contributed by atoms with Gasteiger partial charge in [-0.1, -0.05) is 38.8 Å². The molecule has 0 unspecified atom stereocenters. The Labute approximate surface area is 182 Å². The number of ether oxygens (including phenoxy) is 1. The summed E-state index contributed by atoms with van der Waals surface area (Å²) in [6, 6.07) is 13.8. The molecule has 0 radical (unpaired) electrons. The largest absolute Gasteiger partial charge is 0.463 e. The van der Waals surface area contributed by atoms with Crippen molar-refractivity contribution in [2.75, 3.05) is 11.9 Å². The number of halogens is 1. The third-order valence-electron chi connectivity index (χ3n) is 5.09. The van der Waals surface area contributed by atoms with Crippen molar-refractivity contribution in [3.63, 3.8) is 0 Å². The van der Waals surface area contributed by atoms with Crippen LogP contribution in [0.2, 0.25) is 0 Å². The first-order valence-electron chi connectivity index (χ1n) is 10.8. The molecule has 31 heavy (non-hydrogen) atoms. The maximum absolute atomic E-state index is 13.8. The maximum atomic E-state index is 13.8. The number of nitrogens with one attached hydrogen (secondary N) is 1. The number of amides is 1. The van der Waals surface area contributed by atoms with Gasteiger partial charge in [-0.05, 0) is 56.2 Å². The number of nitrogens with zero attached hydrogens (tertiary/aromatic N) is 3. The van der Waals surface area contributed by atoms with Crippen LogP contribution in [0.25, 0.3) is 17.1 Å². The predicted molar refractivity (Wildman–Crippen MR) is 120 cm³/mol. The van der Waals surface area contributed by atoms with Gasteiger partial charge in [0, 0.05) is 17.2 Å². The summed E-state index contributed by atoms with van der Waals surface area (Å²) in [5.41, 5.74) is 2.05. The molecule has 6 nitrogen and oxygen atoms in total. The Kier molecular flexibility index (Phi) is 7.76. The van der Waals surface area contributed by atoms with Crippen molar-refractivity contribution >= 4 is 11.6 Å².